The Morgan fingerprint density at radius 3 is 2.82 bits per heavy atom. The third-order valence-corrected chi connectivity index (χ3v) is 4.39. The molecule has 122 valence electrons. The number of hydrogen-bond acceptors (Lipinski definition) is 3. The Balaban J connectivity index is 1.87. The van der Waals surface area contributed by atoms with E-state index in [-0.39, 0.29) is 23.4 Å². The Hall–Kier alpha value is -1.21. The molecular formula is C15H18F3NO2S. The maximum absolute atomic E-state index is 13.0. The summed E-state index contributed by atoms with van der Waals surface area (Å²) >= 11 is 1.44. The number of nitrogens with one attached hydrogen (secondary N) is 1. The van der Waals surface area contributed by atoms with Crippen LogP contribution in [-0.4, -0.2) is 37.2 Å². The minimum Gasteiger partial charge on any atom is -0.384 e. The van der Waals surface area contributed by atoms with Crippen molar-refractivity contribution >= 4 is 17.7 Å². The molecule has 22 heavy (non-hydrogen) atoms. The number of halogens is 3. The van der Waals surface area contributed by atoms with Gasteiger partial charge in [-0.1, -0.05) is 18.2 Å². The summed E-state index contributed by atoms with van der Waals surface area (Å²) in [5.41, 5.74) is -0.335. The number of benzene rings is 1. The predicted molar refractivity (Wildman–Crippen MR) is 79.9 cm³/mol. The van der Waals surface area contributed by atoms with E-state index in [1.807, 2.05) is 0 Å². The summed E-state index contributed by atoms with van der Waals surface area (Å²) in [6.45, 7) is 0.572. The molecule has 1 fully saturated rings. The molecule has 1 amide bonds. The quantitative estimate of drug-likeness (QED) is 0.780. The minimum atomic E-state index is -4.36. The summed E-state index contributed by atoms with van der Waals surface area (Å²) in [5.74, 6) is 0.631. The van der Waals surface area contributed by atoms with Crippen molar-refractivity contribution in [1.29, 1.82) is 0 Å². The normalized spacial score (nSPS) is 20.7. The molecule has 0 aromatic heterocycles. The standard InChI is InChI=1S/C15H18F3NO2S/c1-21-6-7-22-9-14(20)19-13-8-11(13)10-4-2-3-5-12(10)15(16,17)18/h2-5,11,13H,6-9H2,1H3,(H,19,20)/t11-,13-/m1/s1. The van der Waals surface area contributed by atoms with Gasteiger partial charge in [-0.15, -0.1) is 11.8 Å². The molecule has 0 saturated heterocycles. The predicted octanol–water partition coefficient (Wildman–Crippen LogP) is 3.06. The van der Waals surface area contributed by atoms with Crippen LogP contribution in [0.1, 0.15) is 23.5 Å². The minimum absolute atomic E-state index is 0.141. The van der Waals surface area contributed by atoms with E-state index >= 15 is 0 Å². The first kappa shape index (κ1) is 17.1. The van der Waals surface area contributed by atoms with Gasteiger partial charge >= 0.3 is 6.18 Å². The molecule has 0 unspecified atom stereocenters. The van der Waals surface area contributed by atoms with Crippen LogP contribution in [0, 0.1) is 0 Å². The summed E-state index contributed by atoms with van der Waals surface area (Å²) in [5, 5.41) is 2.79. The van der Waals surface area contributed by atoms with Crippen LogP contribution in [-0.2, 0) is 15.7 Å². The molecule has 0 aliphatic heterocycles. The highest BCUT2D eigenvalue weighted by Gasteiger charge is 2.44. The van der Waals surface area contributed by atoms with Crippen molar-refractivity contribution in [2.45, 2.75) is 24.6 Å². The molecule has 0 bridgehead atoms. The van der Waals surface area contributed by atoms with E-state index in [1.165, 1.54) is 23.9 Å². The van der Waals surface area contributed by atoms with Crippen LogP contribution in [0.5, 0.6) is 0 Å². The van der Waals surface area contributed by atoms with E-state index in [4.69, 9.17) is 4.74 Å². The topological polar surface area (TPSA) is 38.3 Å². The molecule has 0 spiro atoms. The average Bonchev–Trinajstić information content (AvgIpc) is 3.22. The number of hydrogen-bond donors (Lipinski definition) is 1. The number of alkyl halides is 3. The van der Waals surface area contributed by atoms with Gasteiger partial charge in [0.2, 0.25) is 5.91 Å². The van der Waals surface area contributed by atoms with E-state index in [2.05, 4.69) is 5.32 Å². The van der Waals surface area contributed by atoms with E-state index in [0.717, 1.165) is 11.8 Å². The van der Waals surface area contributed by atoms with Gasteiger partial charge in [-0.05, 0) is 18.1 Å². The lowest BCUT2D eigenvalue weighted by Gasteiger charge is -2.12. The summed E-state index contributed by atoms with van der Waals surface area (Å²) in [6, 6.07) is 5.37. The second-order valence-electron chi connectivity index (χ2n) is 5.15. The second kappa shape index (κ2) is 7.37. The first-order valence-electron chi connectivity index (χ1n) is 6.95. The van der Waals surface area contributed by atoms with Crippen molar-refractivity contribution in [2.24, 2.45) is 0 Å². The van der Waals surface area contributed by atoms with Crippen LogP contribution in [0.2, 0.25) is 0 Å². The molecule has 0 heterocycles. The van der Waals surface area contributed by atoms with Crippen molar-refractivity contribution in [1.82, 2.24) is 5.32 Å². The van der Waals surface area contributed by atoms with Crippen LogP contribution in [0.25, 0.3) is 0 Å². The molecule has 1 saturated carbocycles. The largest absolute Gasteiger partial charge is 0.416 e. The van der Waals surface area contributed by atoms with E-state index in [0.29, 0.717) is 18.8 Å². The van der Waals surface area contributed by atoms with Gasteiger partial charge in [0.1, 0.15) is 0 Å². The number of carbonyl (C=O) groups is 1. The van der Waals surface area contributed by atoms with Crippen LogP contribution in [0.15, 0.2) is 24.3 Å². The fourth-order valence-electron chi connectivity index (χ4n) is 2.33. The number of methoxy groups -OCH3 is 1. The maximum Gasteiger partial charge on any atom is 0.416 e. The third kappa shape index (κ3) is 4.64. The molecule has 1 aromatic carbocycles. The van der Waals surface area contributed by atoms with Gasteiger partial charge in [0.25, 0.3) is 0 Å². The van der Waals surface area contributed by atoms with Crippen LogP contribution < -0.4 is 5.32 Å². The van der Waals surface area contributed by atoms with Crippen molar-refractivity contribution in [2.75, 3.05) is 25.2 Å². The van der Waals surface area contributed by atoms with E-state index in [9.17, 15) is 18.0 Å². The fraction of sp³-hybridized carbons (Fsp3) is 0.533. The van der Waals surface area contributed by atoms with E-state index in [1.54, 1.807) is 13.2 Å². The molecule has 1 aliphatic carbocycles. The van der Waals surface area contributed by atoms with Gasteiger partial charge in [0.05, 0.1) is 17.9 Å². The molecule has 2 atom stereocenters. The van der Waals surface area contributed by atoms with E-state index < -0.39 is 11.7 Å². The summed E-state index contributed by atoms with van der Waals surface area (Å²) < 4.78 is 43.8. The molecule has 1 aromatic rings. The Bertz CT molecular complexity index is 522. The van der Waals surface area contributed by atoms with Gasteiger partial charge in [-0.25, -0.2) is 0 Å². The average molecular weight is 333 g/mol. The van der Waals surface area contributed by atoms with Gasteiger partial charge in [0.15, 0.2) is 0 Å². The number of amides is 1. The molecular weight excluding hydrogens is 315 g/mol. The lowest BCUT2D eigenvalue weighted by molar-refractivity contribution is -0.138. The third-order valence-electron chi connectivity index (χ3n) is 3.47. The van der Waals surface area contributed by atoms with Crippen molar-refractivity contribution in [3.63, 3.8) is 0 Å². The zero-order valence-corrected chi connectivity index (χ0v) is 13.0. The Morgan fingerprint density at radius 1 is 1.41 bits per heavy atom. The lowest BCUT2D eigenvalue weighted by atomic mass is 10.0. The second-order valence-corrected chi connectivity index (χ2v) is 6.25. The number of rotatable bonds is 7. The highest BCUT2D eigenvalue weighted by molar-refractivity contribution is 7.99. The fourth-order valence-corrected chi connectivity index (χ4v) is 3.03. The Morgan fingerprint density at radius 2 is 2.14 bits per heavy atom. The molecule has 2 rings (SSSR count). The molecule has 3 nitrogen and oxygen atoms in total. The summed E-state index contributed by atoms with van der Waals surface area (Å²) in [7, 11) is 1.59. The highest BCUT2D eigenvalue weighted by atomic mass is 32.2. The van der Waals surface area contributed by atoms with Crippen molar-refractivity contribution in [3.8, 4) is 0 Å². The van der Waals surface area contributed by atoms with Crippen molar-refractivity contribution < 1.29 is 22.7 Å². The number of thioether (sulfide) groups is 1. The Kier molecular flexibility index (Phi) is 5.74. The zero-order valence-electron chi connectivity index (χ0n) is 12.2. The molecule has 1 N–H and O–H groups in total. The summed E-state index contributed by atoms with van der Waals surface area (Å²) in [4.78, 5) is 11.7. The van der Waals surface area contributed by atoms with Crippen LogP contribution in [0.4, 0.5) is 13.2 Å². The lowest BCUT2D eigenvalue weighted by Crippen LogP contribution is -2.28. The van der Waals surface area contributed by atoms with Crippen molar-refractivity contribution in [3.05, 3.63) is 35.4 Å². The zero-order chi connectivity index (χ0) is 16.2. The SMILES string of the molecule is COCCSCC(=O)N[C@@H]1C[C@@H]1c1ccccc1C(F)(F)F. The van der Waals surface area contributed by atoms with Gasteiger partial charge < -0.3 is 10.1 Å². The monoisotopic (exact) mass is 333 g/mol. The highest BCUT2D eigenvalue weighted by Crippen LogP contribution is 2.46. The van der Waals surface area contributed by atoms with Crippen LogP contribution >= 0.6 is 11.8 Å². The van der Waals surface area contributed by atoms with Gasteiger partial charge in [-0.3, -0.25) is 4.79 Å². The molecule has 0 radical (unpaired) electrons. The van der Waals surface area contributed by atoms with Gasteiger partial charge in [0, 0.05) is 24.8 Å². The molecule has 1 aliphatic rings. The van der Waals surface area contributed by atoms with Crippen LogP contribution in [0.3, 0.4) is 0 Å². The summed E-state index contributed by atoms with van der Waals surface area (Å²) in [6.07, 6.45) is -3.80. The molecule has 7 heteroatoms. The maximum atomic E-state index is 13.0. The number of carbonyl (C=O) groups excluding carboxylic acids is 1. The first-order chi connectivity index (χ1) is 10.4. The number of ether oxygens (including phenoxy) is 1. The first-order valence-corrected chi connectivity index (χ1v) is 8.11. The Labute approximate surface area is 131 Å². The smallest absolute Gasteiger partial charge is 0.384 e. The van der Waals surface area contributed by atoms with Gasteiger partial charge in [-0.2, -0.15) is 13.2 Å².